The molecule has 3 rings (SSSR count). The van der Waals surface area contributed by atoms with Crippen LogP contribution in [0.15, 0.2) is 24.3 Å². The predicted molar refractivity (Wildman–Crippen MR) is 78.3 cm³/mol. The minimum absolute atomic E-state index is 0.0694. The van der Waals surface area contributed by atoms with Crippen LogP contribution in [0.1, 0.15) is 39.2 Å². The average molecular weight is 291 g/mol. The van der Waals surface area contributed by atoms with Gasteiger partial charge in [0, 0.05) is 18.5 Å². The Bertz CT molecular complexity index is 557. The zero-order valence-electron chi connectivity index (χ0n) is 12.8. The van der Waals surface area contributed by atoms with Gasteiger partial charge in [-0.2, -0.15) is 0 Å². The Morgan fingerprint density at radius 1 is 1.14 bits per heavy atom. The number of aliphatic hydroxyl groups is 1. The topological polar surface area (TPSA) is 40.5 Å². The molecule has 1 aliphatic heterocycles. The molecule has 1 saturated carbocycles. The van der Waals surface area contributed by atoms with Crippen molar-refractivity contribution < 1.29 is 14.3 Å². The van der Waals surface area contributed by atoms with Crippen molar-refractivity contribution in [2.75, 3.05) is 13.1 Å². The molecule has 2 aliphatic rings. The molecular weight excluding hydrogens is 269 g/mol. The lowest BCUT2D eigenvalue weighted by molar-refractivity contribution is -0.133. The summed E-state index contributed by atoms with van der Waals surface area (Å²) >= 11 is 0. The monoisotopic (exact) mass is 291 g/mol. The van der Waals surface area contributed by atoms with Crippen molar-refractivity contribution in [3.05, 3.63) is 35.6 Å². The van der Waals surface area contributed by atoms with E-state index in [0.29, 0.717) is 13.1 Å². The van der Waals surface area contributed by atoms with Crippen LogP contribution in [-0.4, -0.2) is 34.6 Å². The van der Waals surface area contributed by atoms with Crippen LogP contribution in [0.4, 0.5) is 4.39 Å². The summed E-state index contributed by atoms with van der Waals surface area (Å²) in [6, 6.07) is 6.23. The standard InChI is InChI=1S/C17H22FNO2/c1-15(2)10-19(11-16(15,3)21)14(20)17(8-9-17)12-4-6-13(18)7-5-12/h4-7,21H,8-11H2,1-3H3. The summed E-state index contributed by atoms with van der Waals surface area (Å²) in [5.41, 5.74) is -0.800. The van der Waals surface area contributed by atoms with E-state index in [0.717, 1.165) is 18.4 Å². The molecular formula is C17H22FNO2. The molecule has 0 aromatic heterocycles. The Kier molecular flexibility index (Phi) is 2.97. The van der Waals surface area contributed by atoms with Gasteiger partial charge in [-0.1, -0.05) is 26.0 Å². The van der Waals surface area contributed by atoms with Gasteiger partial charge in [-0.25, -0.2) is 4.39 Å². The van der Waals surface area contributed by atoms with Crippen LogP contribution in [0, 0.1) is 11.2 Å². The highest BCUT2D eigenvalue weighted by Crippen LogP contribution is 2.51. The summed E-state index contributed by atoms with van der Waals surface area (Å²) < 4.78 is 13.1. The fraction of sp³-hybridized carbons (Fsp3) is 0.588. The minimum atomic E-state index is -0.873. The SMILES string of the molecule is CC1(C)CN(C(=O)C2(c3ccc(F)cc3)CC2)CC1(C)O. The number of hydrogen-bond acceptors (Lipinski definition) is 2. The summed E-state index contributed by atoms with van der Waals surface area (Å²) in [4.78, 5) is 14.7. The van der Waals surface area contributed by atoms with E-state index in [1.54, 1.807) is 24.0 Å². The van der Waals surface area contributed by atoms with Gasteiger partial charge in [0.1, 0.15) is 5.82 Å². The maximum absolute atomic E-state index is 13.1. The normalized spacial score (nSPS) is 29.5. The Balaban J connectivity index is 1.85. The second kappa shape index (κ2) is 4.29. The Labute approximate surface area is 124 Å². The lowest BCUT2D eigenvalue weighted by atomic mass is 9.79. The van der Waals surface area contributed by atoms with Crippen molar-refractivity contribution in [1.82, 2.24) is 4.90 Å². The highest BCUT2D eigenvalue weighted by molar-refractivity contribution is 5.91. The first-order valence-corrected chi connectivity index (χ1v) is 7.46. The summed E-state index contributed by atoms with van der Waals surface area (Å²) in [5, 5.41) is 10.5. The number of amides is 1. The summed E-state index contributed by atoms with van der Waals surface area (Å²) in [7, 11) is 0. The highest BCUT2D eigenvalue weighted by atomic mass is 19.1. The number of carbonyl (C=O) groups is 1. The zero-order valence-corrected chi connectivity index (χ0v) is 12.8. The molecule has 1 aliphatic carbocycles. The number of rotatable bonds is 2. The van der Waals surface area contributed by atoms with Gasteiger partial charge in [0.15, 0.2) is 0 Å². The quantitative estimate of drug-likeness (QED) is 0.909. The molecule has 114 valence electrons. The Morgan fingerprint density at radius 3 is 2.14 bits per heavy atom. The third-order valence-electron chi connectivity index (χ3n) is 5.39. The van der Waals surface area contributed by atoms with Crippen LogP contribution in [0.3, 0.4) is 0 Å². The van der Waals surface area contributed by atoms with Crippen LogP contribution in [0.25, 0.3) is 0 Å². The molecule has 1 atom stereocenters. The van der Waals surface area contributed by atoms with Crippen molar-refractivity contribution in [1.29, 1.82) is 0 Å². The van der Waals surface area contributed by atoms with E-state index < -0.39 is 11.0 Å². The number of β-amino-alcohol motifs (C(OH)–C–C–N with tert-alkyl or cyclic N) is 1. The lowest BCUT2D eigenvalue weighted by Crippen LogP contribution is -2.41. The van der Waals surface area contributed by atoms with E-state index in [2.05, 4.69) is 0 Å². The number of carbonyl (C=O) groups excluding carboxylic acids is 1. The molecule has 3 nitrogen and oxygen atoms in total. The van der Waals surface area contributed by atoms with E-state index in [1.165, 1.54) is 12.1 Å². The van der Waals surface area contributed by atoms with Gasteiger partial charge in [0.05, 0.1) is 11.0 Å². The highest BCUT2D eigenvalue weighted by Gasteiger charge is 2.57. The molecule has 0 radical (unpaired) electrons. The van der Waals surface area contributed by atoms with Gasteiger partial charge in [-0.05, 0) is 37.5 Å². The molecule has 1 amide bonds. The van der Waals surface area contributed by atoms with Crippen molar-refractivity contribution in [3.8, 4) is 0 Å². The Morgan fingerprint density at radius 2 is 1.71 bits per heavy atom. The molecule has 21 heavy (non-hydrogen) atoms. The number of halogens is 1. The van der Waals surface area contributed by atoms with Crippen molar-refractivity contribution >= 4 is 5.91 Å². The number of hydrogen-bond donors (Lipinski definition) is 1. The second-order valence-electron chi connectivity index (χ2n) is 7.41. The smallest absolute Gasteiger partial charge is 0.233 e. The molecule has 1 saturated heterocycles. The zero-order chi connectivity index (χ0) is 15.5. The molecule has 1 aromatic rings. The number of benzene rings is 1. The van der Waals surface area contributed by atoms with Crippen molar-refractivity contribution in [3.63, 3.8) is 0 Å². The van der Waals surface area contributed by atoms with E-state index in [-0.39, 0.29) is 17.1 Å². The summed E-state index contributed by atoms with van der Waals surface area (Å²) in [6.07, 6.45) is 1.60. The molecule has 0 bridgehead atoms. The van der Waals surface area contributed by atoms with Crippen LogP contribution >= 0.6 is 0 Å². The second-order valence-corrected chi connectivity index (χ2v) is 7.41. The van der Waals surface area contributed by atoms with Crippen LogP contribution < -0.4 is 0 Å². The minimum Gasteiger partial charge on any atom is -0.388 e. The fourth-order valence-corrected chi connectivity index (χ4v) is 3.26. The molecule has 1 aromatic carbocycles. The average Bonchev–Trinajstić information content (AvgIpc) is 3.14. The molecule has 1 N–H and O–H groups in total. The fourth-order valence-electron chi connectivity index (χ4n) is 3.26. The van der Waals surface area contributed by atoms with Crippen molar-refractivity contribution in [2.45, 2.75) is 44.6 Å². The first-order valence-electron chi connectivity index (χ1n) is 7.46. The lowest BCUT2D eigenvalue weighted by Gasteiger charge is -2.30. The van der Waals surface area contributed by atoms with Gasteiger partial charge >= 0.3 is 0 Å². The van der Waals surface area contributed by atoms with Gasteiger partial charge in [0.2, 0.25) is 5.91 Å². The first kappa shape index (κ1) is 14.5. The third-order valence-corrected chi connectivity index (χ3v) is 5.39. The maximum Gasteiger partial charge on any atom is 0.233 e. The molecule has 0 spiro atoms. The summed E-state index contributed by atoms with van der Waals surface area (Å²) in [6.45, 7) is 6.68. The van der Waals surface area contributed by atoms with Crippen LogP contribution in [0.5, 0.6) is 0 Å². The molecule has 4 heteroatoms. The van der Waals surface area contributed by atoms with Gasteiger partial charge in [-0.3, -0.25) is 4.79 Å². The van der Waals surface area contributed by atoms with E-state index in [9.17, 15) is 14.3 Å². The maximum atomic E-state index is 13.1. The summed E-state index contributed by atoms with van der Waals surface area (Å²) in [5.74, 6) is -0.216. The number of likely N-dealkylation sites (tertiary alicyclic amines) is 1. The van der Waals surface area contributed by atoms with Gasteiger partial charge in [0.25, 0.3) is 0 Å². The Hall–Kier alpha value is -1.42. The largest absolute Gasteiger partial charge is 0.388 e. The number of nitrogens with zero attached hydrogens (tertiary/aromatic N) is 1. The van der Waals surface area contributed by atoms with E-state index in [4.69, 9.17) is 0 Å². The van der Waals surface area contributed by atoms with E-state index >= 15 is 0 Å². The third kappa shape index (κ3) is 2.16. The predicted octanol–water partition coefficient (Wildman–Crippen LogP) is 2.48. The molecule has 1 unspecified atom stereocenters. The van der Waals surface area contributed by atoms with E-state index in [1.807, 2.05) is 13.8 Å². The van der Waals surface area contributed by atoms with Gasteiger partial charge in [-0.15, -0.1) is 0 Å². The molecule has 2 fully saturated rings. The van der Waals surface area contributed by atoms with Crippen LogP contribution in [0.2, 0.25) is 0 Å². The van der Waals surface area contributed by atoms with Crippen LogP contribution in [-0.2, 0) is 10.2 Å². The van der Waals surface area contributed by atoms with Gasteiger partial charge < -0.3 is 10.0 Å². The first-order chi connectivity index (χ1) is 9.68. The van der Waals surface area contributed by atoms with Crippen molar-refractivity contribution in [2.24, 2.45) is 5.41 Å². The molecule has 1 heterocycles.